The molecule has 0 amide bonds. The van der Waals surface area contributed by atoms with Crippen LogP contribution in [0.25, 0.3) is 0 Å². The largest absolute Gasteiger partial charge is 0.494 e. The summed E-state index contributed by atoms with van der Waals surface area (Å²) < 4.78 is 5.50. The average Bonchev–Trinajstić information content (AvgIpc) is 2.86. The summed E-state index contributed by atoms with van der Waals surface area (Å²) in [5.74, 6) is 0.940. The van der Waals surface area contributed by atoms with Gasteiger partial charge in [0.2, 0.25) is 0 Å². The van der Waals surface area contributed by atoms with Gasteiger partial charge in [0.15, 0.2) is 0 Å². The SMILES string of the molecule is CCOc1ccc(NCc2ccc(CC)s2)c(C)c1. The first-order valence-electron chi connectivity index (χ1n) is 6.77. The number of benzene rings is 1. The van der Waals surface area contributed by atoms with Crippen LogP contribution in [-0.4, -0.2) is 6.61 Å². The number of ether oxygens (including phenoxy) is 1. The Morgan fingerprint density at radius 1 is 1.11 bits per heavy atom. The smallest absolute Gasteiger partial charge is 0.119 e. The van der Waals surface area contributed by atoms with E-state index in [4.69, 9.17) is 4.74 Å². The van der Waals surface area contributed by atoms with Crippen molar-refractivity contribution >= 4 is 17.0 Å². The van der Waals surface area contributed by atoms with Crippen LogP contribution in [-0.2, 0) is 13.0 Å². The highest BCUT2D eigenvalue weighted by atomic mass is 32.1. The van der Waals surface area contributed by atoms with Crippen molar-refractivity contribution in [1.82, 2.24) is 0 Å². The maximum absolute atomic E-state index is 5.50. The van der Waals surface area contributed by atoms with E-state index in [0.717, 1.165) is 18.7 Å². The van der Waals surface area contributed by atoms with Crippen LogP contribution in [0, 0.1) is 6.92 Å². The third-order valence-electron chi connectivity index (χ3n) is 3.03. The van der Waals surface area contributed by atoms with Crippen LogP contribution in [0.15, 0.2) is 30.3 Å². The number of hydrogen-bond acceptors (Lipinski definition) is 3. The predicted molar refractivity (Wildman–Crippen MR) is 83.4 cm³/mol. The number of nitrogens with one attached hydrogen (secondary N) is 1. The molecule has 1 aromatic heterocycles. The van der Waals surface area contributed by atoms with Crippen molar-refractivity contribution in [3.8, 4) is 5.75 Å². The highest BCUT2D eigenvalue weighted by molar-refractivity contribution is 7.12. The van der Waals surface area contributed by atoms with Crippen molar-refractivity contribution in [2.24, 2.45) is 0 Å². The summed E-state index contributed by atoms with van der Waals surface area (Å²) in [4.78, 5) is 2.82. The number of rotatable bonds is 6. The molecular weight excluding hydrogens is 254 g/mol. The summed E-state index contributed by atoms with van der Waals surface area (Å²) in [5.41, 5.74) is 2.40. The lowest BCUT2D eigenvalue weighted by Gasteiger charge is -2.10. The second kappa shape index (κ2) is 6.62. The molecular formula is C16H21NOS. The molecule has 0 radical (unpaired) electrons. The van der Waals surface area contributed by atoms with Gasteiger partial charge in [0.1, 0.15) is 5.75 Å². The second-order valence-corrected chi connectivity index (χ2v) is 5.74. The monoisotopic (exact) mass is 275 g/mol. The molecule has 0 aliphatic heterocycles. The van der Waals surface area contributed by atoms with E-state index in [1.165, 1.54) is 21.0 Å². The van der Waals surface area contributed by atoms with E-state index in [1.54, 1.807) is 0 Å². The maximum Gasteiger partial charge on any atom is 0.119 e. The molecule has 2 rings (SSSR count). The van der Waals surface area contributed by atoms with Crippen molar-refractivity contribution < 1.29 is 4.74 Å². The molecule has 0 atom stereocenters. The van der Waals surface area contributed by atoms with E-state index in [0.29, 0.717) is 6.61 Å². The number of anilines is 1. The number of aryl methyl sites for hydroxylation is 2. The Morgan fingerprint density at radius 2 is 1.89 bits per heavy atom. The fourth-order valence-electron chi connectivity index (χ4n) is 1.98. The molecule has 1 heterocycles. The quantitative estimate of drug-likeness (QED) is 0.830. The Morgan fingerprint density at radius 3 is 2.53 bits per heavy atom. The van der Waals surface area contributed by atoms with Gasteiger partial charge in [-0.3, -0.25) is 0 Å². The van der Waals surface area contributed by atoms with Crippen LogP contribution in [0.4, 0.5) is 5.69 Å². The summed E-state index contributed by atoms with van der Waals surface area (Å²) in [6.45, 7) is 7.90. The van der Waals surface area contributed by atoms with E-state index < -0.39 is 0 Å². The summed E-state index contributed by atoms with van der Waals surface area (Å²) in [5, 5.41) is 3.49. The van der Waals surface area contributed by atoms with Gasteiger partial charge in [-0.25, -0.2) is 0 Å². The predicted octanol–water partition coefficient (Wildman–Crippen LogP) is 4.63. The molecule has 2 aromatic rings. The third kappa shape index (κ3) is 3.74. The summed E-state index contributed by atoms with van der Waals surface area (Å²) in [6, 6.07) is 10.6. The van der Waals surface area contributed by atoms with E-state index in [9.17, 15) is 0 Å². The van der Waals surface area contributed by atoms with Gasteiger partial charge in [-0.1, -0.05) is 6.92 Å². The number of thiophene rings is 1. The average molecular weight is 275 g/mol. The molecule has 19 heavy (non-hydrogen) atoms. The Bertz CT molecular complexity index is 533. The zero-order chi connectivity index (χ0) is 13.7. The van der Waals surface area contributed by atoms with Crippen molar-refractivity contribution in [3.05, 3.63) is 45.6 Å². The van der Waals surface area contributed by atoms with Crippen molar-refractivity contribution in [1.29, 1.82) is 0 Å². The van der Waals surface area contributed by atoms with Gasteiger partial charge >= 0.3 is 0 Å². The Kier molecular flexibility index (Phi) is 4.86. The highest BCUT2D eigenvalue weighted by Crippen LogP contribution is 2.23. The summed E-state index contributed by atoms with van der Waals surface area (Å²) in [6.07, 6.45) is 1.12. The molecule has 1 N–H and O–H groups in total. The van der Waals surface area contributed by atoms with Gasteiger partial charge in [-0.2, -0.15) is 0 Å². The molecule has 2 nitrogen and oxygen atoms in total. The van der Waals surface area contributed by atoms with Crippen molar-refractivity contribution in [2.75, 3.05) is 11.9 Å². The second-order valence-electron chi connectivity index (χ2n) is 4.48. The molecule has 0 aliphatic rings. The molecule has 3 heteroatoms. The van der Waals surface area contributed by atoms with E-state index in [1.807, 2.05) is 24.3 Å². The molecule has 0 fully saturated rings. The Balaban J connectivity index is 1.99. The normalized spacial score (nSPS) is 10.5. The minimum Gasteiger partial charge on any atom is -0.494 e. The zero-order valence-corrected chi connectivity index (χ0v) is 12.6. The lowest BCUT2D eigenvalue weighted by atomic mass is 10.2. The van der Waals surface area contributed by atoms with Gasteiger partial charge in [0.05, 0.1) is 6.61 Å². The minimum atomic E-state index is 0.710. The third-order valence-corrected chi connectivity index (χ3v) is 4.26. The Hall–Kier alpha value is -1.48. The minimum absolute atomic E-state index is 0.710. The summed E-state index contributed by atoms with van der Waals surface area (Å²) in [7, 11) is 0. The fourth-order valence-corrected chi connectivity index (χ4v) is 2.88. The first kappa shape index (κ1) is 13.9. The standard InChI is InChI=1S/C16H21NOS/c1-4-14-7-8-15(19-14)11-17-16-9-6-13(18-5-2)10-12(16)3/h6-10,17H,4-5,11H2,1-3H3. The van der Waals surface area contributed by atoms with Crippen molar-refractivity contribution in [2.45, 2.75) is 33.7 Å². The van der Waals surface area contributed by atoms with Gasteiger partial charge in [-0.15, -0.1) is 11.3 Å². The lowest BCUT2D eigenvalue weighted by molar-refractivity contribution is 0.340. The zero-order valence-electron chi connectivity index (χ0n) is 11.8. The Labute approximate surface area is 119 Å². The van der Waals surface area contributed by atoms with Crippen LogP contribution in [0.5, 0.6) is 5.75 Å². The first-order chi connectivity index (χ1) is 9.22. The molecule has 1 aromatic carbocycles. The molecule has 0 aliphatic carbocycles. The van der Waals surface area contributed by atoms with Crippen LogP contribution in [0.2, 0.25) is 0 Å². The first-order valence-corrected chi connectivity index (χ1v) is 7.59. The summed E-state index contributed by atoms with van der Waals surface area (Å²) >= 11 is 1.88. The van der Waals surface area contributed by atoms with E-state index >= 15 is 0 Å². The van der Waals surface area contributed by atoms with E-state index in [-0.39, 0.29) is 0 Å². The lowest BCUT2D eigenvalue weighted by Crippen LogP contribution is -2.00. The maximum atomic E-state index is 5.50. The van der Waals surface area contributed by atoms with Crippen molar-refractivity contribution in [3.63, 3.8) is 0 Å². The van der Waals surface area contributed by atoms with Gasteiger partial charge in [-0.05, 0) is 56.2 Å². The van der Waals surface area contributed by atoms with Crippen LogP contribution < -0.4 is 10.1 Å². The van der Waals surface area contributed by atoms with Gasteiger partial charge in [0, 0.05) is 22.0 Å². The van der Waals surface area contributed by atoms with Gasteiger partial charge < -0.3 is 10.1 Å². The van der Waals surface area contributed by atoms with Crippen LogP contribution >= 0.6 is 11.3 Å². The molecule has 102 valence electrons. The molecule has 0 bridgehead atoms. The van der Waals surface area contributed by atoms with E-state index in [2.05, 4.69) is 43.4 Å². The van der Waals surface area contributed by atoms with Gasteiger partial charge in [0.25, 0.3) is 0 Å². The highest BCUT2D eigenvalue weighted by Gasteiger charge is 2.02. The molecule has 0 saturated carbocycles. The topological polar surface area (TPSA) is 21.3 Å². The van der Waals surface area contributed by atoms with Crippen LogP contribution in [0.1, 0.15) is 29.2 Å². The molecule has 0 spiro atoms. The molecule has 0 unspecified atom stereocenters. The number of hydrogen-bond donors (Lipinski definition) is 1. The molecule has 0 saturated heterocycles. The van der Waals surface area contributed by atoms with Crippen LogP contribution in [0.3, 0.4) is 0 Å². The fraction of sp³-hybridized carbons (Fsp3) is 0.375.